The standard InChI is InChI=1S/C13H19NS/c1-3-8-14-11(4-2)13-9-10-6-5-7-12(10)15-13/h4,9,11,14H,2-3,5-8H2,1H3. The average Bonchev–Trinajstić information content (AvgIpc) is 2.79. The lowest BCUT2D eigenvalue weighted by atomic mass is 10.2. The van der Waals surface area contributed by atoms with Crippen LogP contribution in [-0.4, -0.2) is 6.54 Å². The lowest BCUT2D eigenvalue weighted by Crippen LogP contribution is -2.19. The Kier molecular flexibility index (Phi) is 3.60. The Hall–Kier alpha value is -0.600. The Labute approximate surface area is 96.2 Å². The molecule has 0 aromatic carbocycles. The number of hydrogen-bond acceptors (Lipinski definition) is 2. The SMILES string of the molecule is C=CC(NCCC)c1cc2c(s1)CCC2. The molecule has 0 radical (unpaired) electrons. The lowest BCUT2D eigenvalue weighted by Gasteiger charge is -2.11. The van der Waals surface area contributed by atoms with Gasteiger partial charge in [-0.15, -0.1) is 17.9 Å². The molecule has 1 aromatic rings. The number of aryl methyl sites for hydroxylation is 2. The van der Waals surface area contributed by atoms with E-state index in [2.05, 4.69) is 24.9 Å². The maximum atomic E-state index is 3.92. The van der Waals surface area contributed by atoms with E-state index in [0.29, 0.717) is 6.04 Å². The van der Waals surface area contributed by atoms with Crippen molar-refractivity contribution < 1.29 is 0 Å². The summed E-state index contributed by atoms with van der Waals surface area (Å²) in [5.74, 6) is 0. The van der Waals surface area contributed by atoms with Gasteiger partial charge in [-0.3, -0.25) is 0 Å². The summed E-state index contributed by atoms with van der Waals surface area (Å²) >= 11 is 1.97. The molecule has 15 heavy (non-hydrogen) atoms. The molecule has 2 heteroatoms. The van der Waals surface area contributed by atoms with Crippen molar-refractivity contribution in [2.24, 2.45) is 0 Å². The van der Waals surface area contributed by atoms with Crippen molar-refractivity contribution in [3.8, 4) is 0 Å². The Morgan fingerprint density at radius 3 is 3.13 bits per heavy atom. The van der Waals surface area contributed by atoms with Gasteiger partial charge in [0, 0.05) is 9.75 Å². The first-order valence-corrected chi connectivity index (χ1v) is 6.64. The second-order valence-corrected chi connectivity index (χ2v) is 5.29. The average molecular weight is 221 g/mol. The zero-order chi connectivity index (χ0) is 10.7. The highest BCUT2D eigenvalue weighted by Crippen LogP contribution is 2.33. The van der Waals surface area contributed by atoms with E-state index < -0.39 is 0 Å². The Balaban J connectivity index is 2.09. The third-order valence-corrected chi connectivity index (χ3v) is 4.24. The molecule has 1 unspecified atom stereocenters. The minimum Gasteiger partial charge on any atom is -0.306 e. The van der Waals surface area contributed by atoms with Crippen LogP contribution in [0.15, 0.2) is 18.7 Å². The van der Waals surface area contributed by atoms with Crippen LogP contribution in [0.3, 0.4) is 0 Å². The molecule has 0 saturated carbocycles. The third kappa shape index (κ3) is 2.32. The molecule has 1 heterocycles. The van der Waals surface area contributed by atoms with Crippen LogP contribution >= 0.6 is 11.3 Å². The summed E-state index contributed by atoms with van der Waals surface area (Å²) in [5.41, 5.74) is 1.58. The van der Waals surface area contributed by atoms with Crippen LogP contribution in [0.1, 0.15) is 41.1 Å². The van der Waals surface area contributed by atoms with Gasteiger partial charge in [-0.25, -0.2) is 0 Å². The fourth-order valence-corrected chi connectivity index (χ4v) is 3.44. The van der Waals surface area contributed by atoms with Crippen molar-refractivity contribution in [3.63, 3.8) is 0 Å². The summed E-state index contributed by atoms with van der Waals surface area (Å²) in [4.78, 5) is 3.05. The van der Waals surface area contributed by atoms with E-state index in [-0.39, 0.29) is 0 Å². The highest BCUT2D eigenvalue weighted by molar-refractivity contribution is 7.12. The normalized spacial score (nSPS) is 16.3. The van der Waals surface area contributed by atoms with Crippen LogP contribution in [0.25, 0.3) is 0 Å². The Morgan fingerprint density at radius 1 is 1.60 bits per heavy atom. The predicted molar refractivity (Wildman–Crippen MR) is 67.6 cm³/mol. The van der Waals surface area contributed by atoms with Crippen molar-refractivity contribution in [2.75, 3.05) is 6.54 Å². The van der Waals surface area contributed by atoms with Crippen LogP contribution in [-0.2, 0) is 12.8 Å². The third-order valence-electron chi connectivity index (χ3n) is 2.92. The molecule has 0 saturated heterocycles. The van der Waals surface area contributed by atoms with Gasteiger partial charge in [0.2, 0.25) is 0 Å². The molecule has 0 spiro atoms. The summed E-state index contributed by atoms with van der Waals surface area (Å²) in [5, 5.41) is 3.52. The molecule has 1 nitrogen and oxygen atoms in total. The largest absolute Gasteiger partial charge is 0.306 e. The summed E-state index contributed by atoms with van der Waals surface area (Å²) in [7, 11) is 0. The minimum atomic E-state index is 0.362. The van der Waals surface area contributed by atoms with Crippen molar-refractivity contribution in [2.45, 2.75) is 38.6 Å². The second kappa shape index (κ2) is 4.95. The highest BCUT2D eigenvalue weighted by atomic mass is 32.1. The first-order valence-electron chi connectivity index (χ1n) is 5.82. The molecule has 2 rings (SSSR count). The number of thiophene rings is 1. The fourth-order valence-electron chi connectivity index (χ4n) is 2.11. The molecule has 1 N–H and O–H groups in total. The summed E-state index contributed by atoms with van der Waals surface area (Å²) in [6, 6.07) is 2.74. The zero-order valence-electron chi connectivity index (χ0n) is 9.38. The first-order chi connectivity index (χ1) is 7.35. The number of rotatable bonds is 5. The van der Waals surface area contributed by atoms with Crippen LogP contribution in [0.5, 0.6) is 0 Å². The molecular weight excluding hydrogens is 202 g/mol. The Morgan fingerprint density at radius 2 is 2.47 bits per heavy atom. The van der Waals surface area contributed by atoms with Gasteiger partial charge in [0.1, 0.15) is 0 Å². The Bertz CT molecular complexity index is 319. The number of nitrogens with one attached hydrogen (secondary N) is 1. The molecule has 1 aliphatic carbocycles. The molecule has 1 atom stereocenters. The highest BCUT2D eigenvalue weighted by Gasteiger charge is 2.17. The van der Waals surface area contributed by atoms with Crippen LogP contribution in [0.2, 0.25) is 0 Å². The van der Waals surface area contributed by atoms with E-state index >= 15 is 0 Å². The van der Waals surface area contributed by atoms with E-state index in [1.54, 1.807) is 10.4 Å². The molecule has 0 bridgehead atoms. The monoisotopic (exact) mass is 221 g/mol. The molecule has 0 fully saturated rings. The van der Waals surface area contributed by atoms with Crippen molar-refractivity contribution >= 4 is 11.3 Å². The van der Waals surface area contributed by atoms with Gasteiger partial charge in [-0.1, -0.05) is 13.0 Å². The van der Waals surface area contributed by atoms with Gasteiger partial charge in [0.05, 0.1) is 6.04 Å². The van der Waals surface area contributed by atoms with E-state index in [0.717, 1.165) is 6.54 Å². The topological polar surface area (TPSA) is 12.0 Å². The summed E-state index contributed by atoms with van der Waals surface area (Å²) in [6.45, 7) is 7.18. The molecule has 0 amide bonds. The molecular formula is C13H19NS. The van der Waals surface area contributed by atoms with Crippen molar-refractivity contribution in [1.82, 2.24) is 5.32 Å². The van der Waals surface area contributed by atoms with Crippen LogP contribution in [0, 0.1) is 0 Å². The van der Waals surface area contributed by atoms with E-state index in [9.17, 15) is 0 Å². The summed E-state index contributed by atoms with van der Waals surface area (Å²) in [6.07, 6.45) is 7.12. The second-order valence-electron chi connectivity index (χ2n) is 4.12. The van der Waals surface area contributed by atoms with E-state index in [4.69, 9.17) is 0 Å². The van der Waals surface area contributed by atoms with Gasteiger partial charge in [0.25, 0.3) is 0 Å². The predicted octanol–water partition coefficient (Wildman–Crippen LogP) is 3.46. The molecule has 1 aliphatic rings. The van der Waals surface area contributed by atoms with Crippen LogP contribution < -0.4 is 5.32 Å². The fraction of sp³-hybridized carbons (Fsp3) is 0.538. The first kappa shape index (κ1) is 10.9. The molecule has 1 aromatic heterocycles. The van der Waals surface area contributed by atoms with Gasteiger partial charge in [-0.05, 0) is 43.9 Å². The molecule has 0 aliphatic heterocycles. The number of fused-ring (bicyclic) bond motifs is 1. The van der Waals surface area contributed by atoms with Gasteiger partial charge < -0.3 is 5.32 Å². The number of hydrogen-bond donors (Lipinski definition) is 1. The lowest BCUT2D eigenvalue weighted by molar-refractivity contribution is 0.620. The van der Waals surface area contributed by atoms with Gasteiger partial charge in [0.15, 0.2) is 0 Å². The van der Waals surface area contributed by atoms with Gasteiger partial charge >= 0.3 is 0 Å². The quantitative estimate of drug-likeness (QED) is 0.751. The van der Waals surface area contributed by atoms with Crippen molar-refractivity contribution in [1.29, 1.82) is 0 Å². The molecule has 82 valence electrons. The maximum Gasteiger partial charge on any atom is 0.0598 e. The van der Waals surface area contributed by atoms with Crippen LogP contribution in [0.4, 0.5) is 0 Å². The van der Waals surface area contributed by atoms with Gasteiger partial charge in [-0.2, -0.15) is 0 Å². The van der Waals surface area contributed by atoms with E-state index in [1.807, 2.05) is 17.4 Å². The zero-order valence-corrected chi connectivity index (χ0v) is 10.2. The minimum absolute atomic E-state index is 0.362. The smallest absolute Gasteiger partial charge is 0.0598 e. The summed E-state index contributed by atoms with van der Waals surface area (Å²) < 4.78 is 0. The van der Waals surface area contributed by atoms with E-state index in [1.165, 1.54) is 30.6 Å². The maximum absolute atomic E-state index is 3.92. The van der Waals surface area contributed by atoms with Crippen molar-refractivity contribution in [3.05, 3.63) is 34.0 Å².